The van der Waals surface area contributed by atoms with Gasteiger partial charge in [0.25, 0.3) is 0 Å². The molecule has 4 heteroatoms. The van der Waals surface area contributed by atoms with Crippen LogP contribution in [0.15, 0.2) is 41.1 Å². The maximum Gasteiger partial charge on any atom is 0.167 e. The fourth-order valence-corrected chi connectivity index (χ4v) is 2.11. The van der Waals surface area contributed by atoms with Crippen molar-refractivity contribution in [2.24, 2.45) is 0 Å². The molecule has 1 aromatic carbocycles. The van der Waals surface area contributed by atoms with E-state index >= 15 is 0 Å². The summed E-state index contributed by atoms with van der Waals surface area (Å²) in [5, 5.41) is 0. The van der Waals surface area contributed by atoms with Crippen LogP contribution in [-0.2, 0) is 5.41 Å². The molecule has 1 aromatic heterocycles. The van der Waals surface area contributed by atoms with Crippen molar-refractivity contribution >= 4 is 21.6 Å². The molecule has 0 amide bonds. The second-order valence-corrected chi connectivity index (χ2v) is 6.27. The van der Waals surface area contributed by atoms with Crippen LogP contribution in [0.1, 0.15) is 26.3 Å². The summed E-state index contributed by atoms with van der Waals surface area (Å²) in [6.45, 7) is 6.54. The van der Waals surface area contributed by atoms with E-state index in [1.54, 1.807) is 12.4 Å². The van der Waals surface area contributed by atoms with Gasteiger partial charge in [-0.3, -0.25) is 4.98 Å². The van der Waals surface area contributed by atoms with Crippen LogP contribution in [0.2, 0.25) is 0 Å². The summed E-state index contributed by atoms with van der Waals surface area (Å²) in [4.78, 5) is 3.98. The molecule has 19 heavy (non-hydrogen) atoms. The van der Waals surface area contributed by atoms with Gasteiger partial charge < -0.3 is 10.5 Å². The second kappa shape index (κ2) is 5.21. The summed E-state index contributed by atoms with van der Waals surface area (Å²) in [6.07, 6.45) is 3.23. The summed E-state index contributed by atoms with van der Waals surface area (Å²) in [5.41, 5.74) is 7.76. The molecule has 0 unspecified atom stereocenters. The largest absolute Gasteiger partial charge is 0.454 e. The van der Waals surface area contributed by atoms with Crippen LogP contribution in [0, 0.1) is 0 Å². The lowest BCUT2D eigenvalue weighted by Gasteiger charge is -2.19. The Kier molecular flexibility index (Phi) is 3.80. The van der Waals surface area contributed by atoms with Gasteiger partial charge >= 0.3 is 0 Å². The SMILES string of the molecule is CC(C)(C)c1ccc(Oc2c(N)cncc2Br)cc1. The predicted octanol–water partition coefficient (Wildman–Crippen LogP) is 4.52. The quantitative estimate of drug-likeness (QED) is 0.885. The average Bonchev–Trinajstić information content (AvgIpc) is 2.33. The molecule has 0 aliphatic carbocycles. The number of rotatable bonds is 2. The summed E-state index contributed by atoms with van der Waals surface area (Å²) < 4.78 is 6.54. The molecular formula is C15H17BrN2O. The Hall–Kier alpha value is -1.55. The number of nitrogens with two attached hydrogens (primary N) is 1. The molecule has 0 bridgehead atoms. The highest BCUT2D eigenvalue weighted by molar-refractivity contribution is 9.10. The van der Waals surface area contributed by atoms with Gasteiger partial charge in [-0.05, 0) is 39.0 Å². The minimum absolute atomic E-state index is 0.134. The Labute approximate surface area is 121 Å². The van der Waals surface area contributed by atoms with Crippen molar-refractivity contribution in [1.29, 1.82) is 0 Å². The number of halogens is 1. The number of anilines is 1. The normalized spacial score (nSPS) is 11.4. The smallest absolute Gasteiger partial charge is 0.167 e. The fourth-order valence-electron chi connectivity index (χ4n) is 1.69. The van der Waals surface area contributed by atoms with Crippen LogP contribution in [-0.4, -0.2) is 4.98 Å². The zero-order chi connectivity index (χ0) is 14.0. The Balaban J connectivity index is 2.25. The summed E-state index contributed by atoms with van der Waals surface area (Å²) in [5.74, 6) is 1.35. The van der Waals surface area contributed by atoms with E-state index in [1.165, 1.54) is 5.56 Å². The van der Waals surface area contributed by atoms with Crippen LogP contribution in [0.4, 0.5) is 5.69 Å². The van der Waals surface area contributed by atoms with Gasteiger partial charge in [0.2, 0.25) is 0 Å². The molecule has 0 saturated heterocycles. The minimum atomic E-state index is 0.134. The second-order valence-electron chi connectivity index (χ2n) is 5.42. The first-order chi connectivity index (χ1) is 8.88. The first kappa shape index (κ1) is 13.9. The van der Waals surface area contributed by atoms with E-state index in [1.807, 2.05) is 12.1 Å². The van der Waals surface area contributed by atoms with Gasteiger partial charge in [-0.25, -0.2) is 0 Å². The molecular weight excluding hydrogens is 304 g/mol. The minimum Gasteiger partial charge on any atom is -0.454 e. The average molecular weight is 321 g/mol. The zero-order valence-corrected chi connectivity index (χ0v) is 12.9. The highest BCUT2D eigenvalue weighted by atomic mass is 79.9. The van der Waals surface area contributed by atoms with Gasteiger partial charge in [0.1, 0.15) is 5.75 Å². The lowest BCUT2D eigenvalue weighted by atomic mass is 9.87. The third-order valence-corrected chi connectivity index (χ3v) is 3.39. The van der Waals surface area contributed by atoms with Gasteiger partial charge in [0.05, 0.1) is 16.4 Å². The van der Waals surface area contributed by atoms with E-state index < -0.39 is 0 Å². The number of nitrogen functional groups attached to an aromatic ring is 1. The zero-order valence-electron chi connectivity index (χ0n) is 11.3. The molecule has 2 aromatic rings. The molecule has 100 valence electrons. The van der Waals surface area contributed by atoms with Crippen LogP contribution < -0.4 is 10.5 Å². The van der Waals surface area contributed by atoms with Crippen molar-refractivity contribution in [2.75, 3.05) is 5.73 Å². The Morgan fingerprint density at radius 3 is 2.26 bits per heavy atom. The molecule has 3 nitrogen and oxygen atoms in total. The third-order valence-electron chi connectivity index (χ3n) is 2.82. The maximum absolute atomic E-state index is 5.85. The van der Waals surface area contributed by atoms with Crippen molar-refractivity contribution < 1.29 is 4.74 Å². The van der Waals surface area contributed by atoms with E-state index in [4.69, 9.17) is 10.5 Å². The lowest BCUT2D eigenvalue weighted by molar-refractivity contribution is 0.480. The fraction of sp³-hybridized carbons (Fsp3) is 0.267. The molecule has 0 fully saturated rings. The first-order valence-corrected chi connectivity index (χ1v) is 6.84. The standard InChI is InChI=1S/C15H17BrN2O/c1-15(2,3)10-4-6-11(7-5-10)19-14-12(16)8-18-9-13(14)17/h4-9H,17H2,1-3H3. The highest BCUT2D eigenvalue weighted by Crippen LogP contribution is 2.34. The van der Waals surface area contributed by atoms with Crippen LogP contribution in [0.25, 0.3) is 0 Å². The van der Waals surface area contributed by atoms with Crippen molar-refractivity contribution in [3.8, 4) is 11.5 Å². The summed E-state index contributed by atoms with van der Waals surface area (Å²) in [7, 11) is 0. The van der Waals surface area contributed by atoms with E-state index in [0.717, 1.165) is 10.2 Å². The van der Waals surface area contributed by atoms with Crippen LogP contribution >= 0.6 is 15.9 Å². The number of nitrogens with zero attached hydrogens (tertiary/aromatic N) is 1. The maximum atomic E-state index is 5.85. The Bertz CT molecular complexity index is 553. The number of ether oxygens (including phenoxy) is 1. The van der Waals surface area contributed by atoms with E-state index in [0.29, 0.717) is 11.4 Å². The number of hydrogen-bond acceptors (Lipinski definition) is 3. The van der Waals surface area contributed by atoms with Crippen LogP contribution in [0.3, 0.4) is 0 Å². The number of pyridine rings is 1. The Morgan fingerprint density at radius 1 is 1.11 bits per heavy atom. The molecule has 0 aliphatic rings. The summed E-state index contributed by atoms with van der Waals surface area (Å²) in [6, 6.07) is 8.04. The first-order valence-electron chi connectivity index (χ1n) is 6.05. The van der Waals surface area contributed by atoms with Gasteiger partial charge in [-0.2, -0.15) is 0 Å². The number of benzene rings is 1. The molecule has 0 saturated carbocycles. The van der Waals surface area contributed by atoms with Gasteiger partial charge in [-0.1, -0.05) is 32.9 Å². The topological polar surface area (TPSA) is 48.1 Å². The van der Waals surface area contributed by atoms with Crippen molar-refractivity contribution in [3.63, 3.8) is 0 Å². The number of aromatic nitrogens is 1. The van der Waals surface area contributed by atoms with Crippen molar-refractivity contribution in [2.45, 2.75) is 26.2 Å². The van der Waals surface area contributed by atoms with Gasteiger partial charge in [0, 0.05) is 6.20 Å². The van der Waals surface area contributed by atoms with E-state index in [2.05, 4.69) is 53.8 Å². The molecule has 0 aliphatic heterocycles. The van der Waals surface area contributed by atoms with E-state index in [9.17, 15) is 0 Å². The number of hydrogen-bond donors (Lipinski definition) is 1. The summed E-state index contributed by atoms with van der Waals surface area (Å²) >= 11 is 3.38. The van der Waals surface area contributed by atoms with Crippen molar-refractivity contribution in [1.82, 2.24) is 4.98 Å². The molecule has 0 spiro atoms. The molecule has 2 N–H and O–H groups in total. The predicted molar refractivity (Wildman–Crippen MR) is 81.6 cm³/mol. The molecule has 0 atom stereocenters. The van der Waals surface area contributed by atoms with Gasteiger partial charge in [0.15, 0.2) is 5.75 Å². The molecule has 1 heterocycles. The Morgan fingerprint density at radius 2 is 1.74 bits per heavy atom. The monoisotopic (exact) mass is 320 g/mol. The van der Waals surface area contributed by atoms with Gasteiger partial charge in [-0.15, -0.1) is 0 Å². The molecule has 2 rings (SSSR count). The van der Waals surface area contributed by atoms with Crippen molar-refractivity contribution in [3.05, 3.63) is 46.7 Å². The highest BCUT2D eigenvalue weighted by Gasteiger charge is 2.13. The van der Waals surface area contributed by atoms with E-state index in [-0.39, 0.29) is 5.41 Å². The lowest BCUT2D eigenvalue weighted by Crippen LogP contribution is -2.10. The van der Waals surface area contributed by atoms with Crippen LogP contribution in [0.5, 0.6) is 11.5 Å². The molecule has 0 radical (unpaired) electrons. The third kappa shape index (κ3) is 3.26.